The van der Waals surface area contributed by atoms with Gasteiger partial charge in [-0.25, -0.2) is 17.8 Å². The van der Waals surface area contributed by atoms with Gasteiger partial charge in [0.05, 0.1) is 11.4 Å². The van der Waals surface area contributed by atoms with Crippen LogP contribution in [0.1, 0.15) is 28.9 Å². The Kier molecular flexibility index (Phi) is 6.33. The number of carbonyl (C=O) groups is 1. The maximum absolute atomic E-state index is 13.1. The number of anilines is 1. The van der Waals surface area contributed by atoms with Gasteiger partial charge in [0.25, 0.3) is 11.5 Å². The normalized spacial score (nSPS) is 15.2. The summed E-state index contributed by atoms with van der Waals surface area (Å²) in [6.07, 6.45) is 2.62. The summed E-state index contributed by atoms with van der Waals surface area (Å²) in [5.41, 5.74) is -0.512. The zero-order valence-electron chi connectivity index (χ0n) is 18.2. The van der Waals surface area contributed by atoms with Crippen LogP contribution >= 0.6 is 0 Å². The number of amides is 1. The van der Waals surface area contributed by atoms with E-state index in [0.29, 0.717) is 18.4 Å². The third-order valence-electron chi connectivity index (χ3n) is 5.46. The maximum atomic E-state index is 13.1. The van der Waals surface area contributed by atoms with E-state index in [0.717, 1.165) is 4.57 Å². The highest BCUT2D eigenvalue weighted by Gasteiger charge is 2.30. The minimum Gasteiger partial charge on any atom is -0.501 e. The standard InChI is InChI=1S/C22H22FN5O5S/c1-27-20(17-16(5-4-10-24-17)28-11-2-3-12-34(28,32)33)26-18(19(29)22(27)31)21(30)25-13-14-6-8-15(23)9-7-14/h4-10,29H,2-3,11-13H2,1H3,(H,25,30). The fraction of sp³-hybridized carbons (Fsp3) is 0.273. The molecule has 3 aromatic rings. The molecule has 0 bridgehead atoms. The van der Waals surface area contributed by atoms with Crippen molar-refractivity contribution >= 4 is 21.6 Å². The van der Waals surface area contributed by atoms with Crippen LogP contribution in [0, 0.1) is 5.82 Å². The molecule has 1 amide bonds. The zero-order chi connectivity index (χ0) is 24.5. The van der Waals surface area contributed by atoms with E-state index in [1.54, 1.807) is 12.1 Å². The fourth-order valence-electron chi connectivity index (χ4n) is 3.66. The molecule has 3 heterocycles. The van der Waals surface area contributed by atoms with Crippen LogP contribution < -0.4 is 15.2 Å². The van der Waals surface area contributed by atoms with Crippen LogP contribution in [0.4, 0.5) is 10.1 Å². The fourth-order valence-corrected chi connectivity index (χ4v) is 5.30. The number of nitrogens with zero attached hydrogens (tertiary/aromatic N) is 4. The number of pyridine rings is 1. The molecule has 0 unspecified atom stereocenters. The molecule has 12 heteroatoms. The Labute approximate surface area is 194 Å². The number of halogens is 1. The van der Waals surface area contributed by atoms with E-state index in [9.17, 15) is 27.5 Å². The Morgan fingerprint density at radius 2 is 1.94 bits per heavy atom. The molecular formula is C22H22FN5O5S. The summed E-state index contributed by atoms with van der Waals surface area (Å²) in [6.45, 7) is 0.254. The molecule has 2 N–H and O–H groups in total. The van der Waals surface area contributed by atoms with Gasteiger partial charge in [0.15, 0.2) is 11.5 Å². The maximum Gasteiger partial charge on any atom is 0.296 e. The number of aromatic nitrogens is 3. The van der Waals surface area contributed by atoms with Crippen molar-refractivity contribution in [1.29, 1.82) is 0 Å². The molecule has 1 saturated heterocycles. The molecular weight excluding hydrogens is 465 g/mol. The molecule has 2 aromatic heterocycles. The Morgan fingerprint density at radius 1 is 1.21 bits per heavy atom. The lowest BCUT2D eigenvalue weighted by molar-refractivity contribution is 0.0942. The van der Waals surface area contributed by atoms with E-state index >= 15 is 0 Å². The van der Waals surface area contributed by atoms with Crippen molar-refractivity contribution in [2.75, 3.05) is 16.6 Å². The molecule has 178 valence electrons. The third-order valence-corrected chi connectivity index (χ3v) is 7.32. The number of benzene rings is 1. The minimum absolute atomic E-state index is 0.00559. The summed E-state index contributed by atoms with van der Waals surface area (Å²) in [5.74, 6) is -2.20. The van der Waals surface area contributed by atoms with Crippen molar-refractivity contribution in [2.24, 2.45) is 7.05 Å². The predicted molar refractivity (Wildman–Crippen MR) is 122 cm³/mol. The molecule has 1 aliphatic rings. The number of hydrogen-bond donors (Lipinski definition) is 2. The van der Waals surface area contributed by atoms with Gasteiger partial charge in [-0.2, -0.15) is 0 Å². The lowest BCUT2D eigenvalue weighted by Gasteiger charge is -2.29. The largest absolute Gasteiger partial charge is 0.501 e. The van der Waals surface area contributed by atoms with Gasteiger partial charge in [-0.15, -0.1) is 0 Å². The molecule has 34 heavy (non-hydrogen) atoms. The van der Waals surface area contributed by atoms with Crippen molar-refractivity contribution in [2.45, 2.75) is 19.4 Å². The lowest BCUT2D eigenvalue weighted by Crippen LogP contribution is -2.38. The molecule has 1 fully saturated rings. The molecule has 0 saturated carbocycles. The van der Waals surface area contributed by atoms with Gasteiger partial charge < -0.3 is 10.4 Å². The predicted octanol–water partition coefficient (Wildman–Crippen LogP) is 1.55. The van der Waals surface area contributed by atoms with Gasteiger partial charge in [0.2, 0.25) is 15.8 Å². The SMILES string of the molecule is Cn1c(-c2ncccc2N2CCCCS2(=O)=O)nc(C(=O)NCc2ccc(F)cc2)c(O)c1=O. The molecule has 10 nitrogen and oxygen atoms in total. The first-order valence-electron chi connectivity index (χ1n) is 10.5. The lowest BCUT2D eigenvalue weighted by atomic mass is 10.2. The Morgan fingerprint density at radius 3 is 2.65 bits per heavy atom. The molecule has 1 aliphatic heterocycles. The molecule has 0 atom stereocenters. The summed E-state index contributed by atoms with van der Waals surface area (Å²) in [4.78, 5) is 33.9. The Bertz CT molecular complexity index is 1410. The van der Waals surface area contributed by atoms with Gasteiger partial charge in [-0.1, -0.05) is 12.1 Å². The molecule has 4 rings (SSSR count). The number of hydrogen-bond acceptors (Lipinski definition) is 7. The van der Waals surface area contributed by atoms with Gasteiger partial charge in [0, 0.05) is 26.3 Å². The van der Waals surface area contributed by atoms with Gasteiger partial charge >= 0.3 is 0 Å². The second-order valence-corrected chi connectivity index (χ2v) is 9.79. The van der Waals surface area contributed by atoms with Crippen molar-refractivity contribution in [3.05, 3.63) is 70.0 Å². The summed E-state index contributed by atoms with van der Waals surface area (Å²) in [6, 6.07) is 8.57. The molecule has 1 aromatic carbocycles. The third kappa shape index (κ3) is 4.49. The second kappa shape index (κ2) is 9.21. The van der Waals surface area contributed by atoms with Gasteiger partial charge in [-0.05, 0) is 42.7 Å². The van der Waals surface area contributed by atoms with E-state index in [1.165, 1.54) is 41.8 Å². The van der Waals surface area contributed by atoms with E-state index in [4.69, 9.17) is 0 Å². The first-order valence-corrected chi connectivity index (χ1v) is 12.1. The van der Waals surface area contributed by atoms with Crippen molar-refractivity contribution in [3.63, 3.8) is 0 Å². The summed E-state index contributed by atoms with van der Waals surface area (Å²) in [7, 11) is -2.24. The van der Waals surface area contributed by atoms with Crippen molar-refractivity contribution < 1.29 is 22.7 Å². The number of carbonyl (C=O) groups excluding carboxylic acids is 1. The van der Waals surface area contributed by atoms with Crippen LogP contribution in [0.2, 0.25) is 0 Å². The zero-order valence-corrected chi connectivity index (χ0v) is 19.0. The average Bonchev–Trinajstić information content (AvgIpc) is 2.82. The summed E-state index contributed by atoms with van der Waals surface area (Å²) < 4.78 is 40.7. The number of aromatic hydroxyl groups is 1. The van der Waals surface area contributed by atoms with Crippen LogP contribution in [0.15, 0.2) is 47.4 Å². The summed E-state index contributed by atoms with van der Waals surface area (Å²) >= 11 is 0. The van der Waals surface area contributed by atoms with E-state index < -0.39 is 38.8 Å². The quantitative estimate of drug-likeness (QED) is 0.558. The smallest absolute Gasteiger partial charge is 0.296 e. The molecule has 0 spiro atoms. The van der Waals surface area contributed by atoms with E-state index in [-0.39, 0.29) is 36.0 Å². The number of rotatable bonds is 5. The van der Waals surface area contributed by atoms with Crippen molar-refractivity contribution in [1.82, 2.24) is 19.9 Å². The average molecular weight is 488 g/mol. The Hall–Kier alpha value is -3.80. The summed E-state index contributed by atoms with van der Waals surface area (Å²) in [5, 5.41) is 12.9. The molecule has 0 aliphatic carbocycles. The highest BCUT2D eigenvalue weighted by molar-refractivity contribution is 7.92. The van der Waals surface area contributed by atoms with Crippen LogP contribution in [-0.4, -0.2) is 46.3 Å². The van der Waals surface area contributed by atoms with Crippen LogP contribution in [-0.2, 0) is 23.6 Å². The van der Waals surface area contributed by atoms with E-state index in [2.05, 4.69) is 15.3 Å². The molecule has 0 radical (unpaired) electrons. The number of nitrogens with one attached hydrogen (secondary N) is 1. The number of sulfonamides is 1. The van der Waals surface area contributed by atoms with Gasteiger partial charge in [-0.3, -0.25) is 23.4 Å². The van der Waals surface area contributed by atoms with Crippen LogP contribution in [0.25, 0.3) is 11.5 Å². The minimum atomic E-state index is -3.58. The van der Waals surface area contributed by atoms with Crippen molar-refractivity contribution in [3.8, 4) is 17.3 Å². The second-order valence-electron chi connectivity index (χ2n) is 7.77. The first-order chi connectivity index (χ1) is 16.2. The van der Waals surface area contributed by atoms with Crippen LogP contribution in [0.5, 0.6) is 5.75 Å². The Balaban J connectivity index is 1.74. The topological polar surface area (TPSA) is 134 Å². The van der Waals surface area contributed by atoms with Crippen LogP contribution in [0.3, 0.4) is 0 Å². The highest BCUT2D eigenvalue weighted by Crippen LogP contribution is 2.31. The van der Waals surface area contributed by atoms with E-state index in [1.807, 2.05) is 0 Å². The highest BCUT2D eigenvalue weighted by atomic mass is 32.2. The monoisotopic (exact) mass is 487 g/mol. The first kappa shape index (κ1) is 23.4. The van der Waals surface area contributed by atoms with Gasteiger partial charge in [0.1, 0.15) is 11.5 Å².